The largest absolute Gasteiger partial charge is 0.389 e. The predicted molar refractivity (Wildman–Crippen MR) is 56.3 cm³/mol. The molecule has 0 aliphatic carbocycles. The monoisotopic (exact) mass is 302 g/mol. The van der Waals surface area contributed by atoms with E-state index >= 15 is 0 Å². The van der Waals surface area contributed by atoms with Gasteiger partial charge in [-0.2, -0.15) is 0 Å². The highest BCUT2D eigenvalue weighted by Gasteiger charge is 2.41. The Bertz CT molecular complexity index is 172. The number of nitrogens with one attached hydrogen (secondary N) is 1. The van der Waals surface area contributed by atoms with Gasteiger partial charge in [0.1, 0.15) is 12.2 Å². The first kappa shape index (κ1) is 11.6. The topological polar surface area (TPSA) is 87.7 Å². The van der Waals surface area contributed by atoms with E-state index in [1.54, 1.807) is 0 Å². The Balaban J connectivity index is 2.66. The summed E-state index contributed by atoms with van der Waals surface area (Å²) in [5, 5.41) is 19.2. The van der Waals surface area contributed by atoms with Gasteiger partial charge in [-0.25, -0.2) is 0 Å². The van der Waals surface area contributed by atoms with Gasteiger partial charge in [0.25, 0.3) is 0 Å². The Morgan fingerprint density at radius 2 is 2.08 bits per heavy atom. The van der Waals surface area contributed by atoms with Crippen molar-refractivity contribution in [3.63, 3.8) is 0 Å². The molecule has 5 nitrogen and oxygen atoms in total. The first-order valence-corrected chi connectivity index (χ1v) is 5.27. The van der Waals surface area contributed by atoms with Crippen molar-refractivity contribution in [2.75, 3.05) is 6.54 Å². The van der Waals surface area contributed by atoms with Crippen molar-refractivity contribution in [2.24, 2.45) is 5.73 Å². The van der Waals surface area contributed by atoms with Crippen molar-refractivity contribution in [1.82, 2.24) is 3.53 Å². The molecule has 0 bridgehead atoms. The zero-order chi connectivity index (χ0) is 10.0. The molecule has 0 radical (unpaired) electrons. The zero-order valence-corrected chi connectivity index (χ0v) is 9.51. The van der Waals surface area contributed by atoms with Gasteiger partial charge in [0, 0.05) is 29.4 Å². The molecule has 1 aliphatic rings. The summed E-state index contributed by atoms with van der Waals surface area (Å²) in [4.78, 5) is 0. The summed E-state index contributed by atoms with van der Waals surface area (Å²) in [6.45, 7) is 2.06. The van der Waals surface area contributed by atoms with Gasteiger partial charge in [-0.05, 0) is 6.92 Å². The van der Waals surface area contributed by atoms with Crippen molar-refractivity contribution >= 4 is 22.9 Å². The molecule has 0 aromatic heterocycles. The number of aliphatic hydroxyl groups is 2. The van der Waals surface area contributed by atoms with E-state index in [-0.39, 0.29) is 18.7 Å². The minimum Gasteiger partial charge on any atom is -0.389 e. The number of ether oxygens (including phenoxy) is 1. The summed E-state index contributed by atoms with van der Waals surface area (Å²) >= 11 is 1.93. The lowest BCUT2D eigenvalue weighted by atomic mass is 9.94. The number of nitrogens with two attached hydrogens (primary N) is 1. The van der Waals surface area contributed by atoms with E-state index in [9.17, 15) is 10.2 Å². The molecule has 0 spiro atoms. The van der Waals surface area contributed by atoms with Gasteiger partial charge < -0.3 is 20.7 Å². The van der Waals surface area contributed by atoms with Crippen LogP contribution in [0.4, 0.5) is 0 Å². The summed E-state index contributed by atoms with van der Waals surface area (Å²) in [5.41, 5.74) is 5.39. The van der Waals surface area contributed by atoms with Crippen LogP contribution in [0.15, 0.2) is 0 Å². The van der Waals surface area contributed by atoms with Crippen LogP contribution in [0, 0.1) is 0 Å². The highest BCUT2D eigenvalue weighted by Crippen LogP contribution is 2.20. The van der Waals surface area contributed by atoms with Crippen LogP contribution in [0.5, 0.6) is 0 Å². The Labute approximate surface area is 91.1 Å². The second-order valence-corrected chi connectivity index (χ2v) is 3.85. The molecule has 1 aliphatic heterocycles. The number of aliphatic hydroxyl groups excluding tert-OH is 2. The van der Waals surface area contributed by atoms with E-state index in [0.717, 1.165) is 0 Å². The Kier molecular flexibility index (Phi) is 4.33. The average Bonchev–Trinajstić information content (AvgIpc) is 2.12. The third-order valence-electron chi connectivity index (χ3n) is 2.35. The lowest BCUT2D eigenvalue weighted by molar-refractivity contribution is -0.171. The third kappa shape index (κ3) is 2.31. The lowest BCUT2D eigenvalue weighted by Gasteiger charge is -2.40. The summed E-state index contributed by atoms with van der Waals surface area (Å²) in [6, 6.07) is -0.251. The van der Waals surface area contributed by atoms with E-state index < -0.39 is 18.3 Å². The van der Waals surface area contributed by atoms with Crippen LogP contribution in [0.2, 0.25) is 0 Å². The SMILES string of the molecule is C[C@H]1OC(CN)[C@@H](O)[C@H](O)C1NI. The summed E-state index contributed by atoms with van der Waals surface area (Å²) in [6.07, 6.45) is -2.35. The molecular formula is C7H15IN2O3. The quantitative estimate of drug-likeness (QED) is 0.379. The van der Waals surface area contributed by atoms with Crippen molar-refractivity contribution in [3.05, 3.63) is 0 Å². The highest BCUT2D eigenvalue weighted by molar-refractivity contribution is 14.1. The van der Waals surface area contributed by atoms with Gasteiger partial charge in [-0.15, -0.1) is 0 Å². The van der Waals surface area contributed by atoms with Crippen molar-refractivity contribution in [3.8, 4) is 0 Å². The van der Waals surface area contributed by atoms with Gasteiger partial charge in [0.2, 0.25) is 0 Å². The molecule has 0 aromatic carbocycles. The molecule has 1 fully saturated rings. The van der Waals surface area contributed by atoms with Gasteiger partial charge in [0.15, 0.2) is 0 Å². The molecule has 1 rings (SSSR count). The van der Waals surface area contributed by atoms with Gasteiger partial charge in [-0.1, -0.05) is 0 Å². The summed E-state index contributed by atoms with van der Waals surface area (Å²) < 4.78 is 8.29. The first-order chi connectivity index (χ1) is 6.11. The molecule has 78 valence electrons. The number of rotatable bonds is 2. The first-order valence-electron chi connectivity index (χ1n) is 4.19. The Hall–Kier alpha value is 0.530. The second-order valence-electron chi connectivity index (χ2n) is 3.23. The molecule has 5 atom stereocenters. The molecule has 0 amide bonds. The van der Waals surface area contributed by atoms with Crippen LogP contribution < -0.4 is 9.26 Å². The Morgan fingerprint density at radius 3 is 2.54 bits per heavy atom. The lowest BCUT2D eigenvalue weighted by Crippen LogP contribution is -2.61. The normalized spacial score (nSPS) is 46.4. The van der Waals surface area contributed by atoms with Crippen LogP contribution >= 0.6 is 22.9 Å². The van der Waals surface area contributed by atoms with Crippen molar-refractivity contribution in [1.29, 1.82) is 0 Å². The smallest absolute Gasteiger partial charge is 0.109 e. The number of hydrogen-bond donors (Lipinski definition) is 4. The maximum atomic E-state index is 9.66. The van der Waals surface area contributed by atoms with Gasteiger partial charge in [0.05, 0.1) is 18.2 Å². The van der Waals surface area contributed by atoms with Gasteiger partial charge in [-0.3, -0.25) is 3.53 Å². The number of hydrogen-bond acceptors (Lipinski definition) is 5. The van der Waals surface area contributed by atoms with Gasteiger partial charge >= 0.3 is 0 Å². The molecule has 5 N–H and O–H groups in total. The van der Waals surface area contributed by atoms with E-state index in [4.69, 9.17) is 10.5 Å². The molecule has 2 unspecified atom stereocenters. The fourth-order valence-corrected chi connectivity index (χ4v) is 2.37. The van der Waals surface area contributed by atoms with E-state index in [2.05, 4.69) is 3.53 Å². The summed E-state index contributed by atoms with van der Waals surface area (Å²) in [7, 11) is 0. The van der Waals surface area contributed by atoms with E-state index in [1.807, 2.05) is 29.8 Å². The molecule has 0 aromatic rings. The zero-order valence-electron chi connectivity index (χ0n) is 7.35. The molecule has 1 heterocycles. The maximum Gasteiger partial charge on any atom is 0.109 e. The predicted octanol–water partition coefficient (Wildman–Crippen LogP) is -1.24. The van der Waals surface area contributed by atoms with E-state index in [1.165, 1.54) is 0 Å². The molecule has 0 saturated carbocycles. The van der Waals surface area contributed by atoms with E-state index in [0.29, 0.717) is 0 Å². The fourth-order valence-electron chi connectivity index (χ4n) is 1.50. The molecule has 1 saturated heterocycles. The van der Waals surface area contributed by atoms with Crippen molar-refractivity contribution in [2.45, 2.75) is 37.4 Å². The van der Waals surface area contributed by atoms with Crippen LogP contribution in [-0.2, 0) is 4.74 Å². The number of halogens is 1. The highest BCUT2D eigenvalue weighted by atomic mass is 127. The Morgan fingerprint density at radius 1 is 1.46 bits per heavy atom. The van der Waals surface area contributed by atoms with Crippen LogP contribution in [0.3, 0.4) is 0 Å². The fraction of sp³-hybridized carbons (Fsp3) is 1.00. The molecule has 6 heteroatoms. The van der Waals surface area contributed by atoms with Crippen LogP contribution in [0.1, 0.15) is 6.92 Å². The maximum absolute atomic E-state index is 9.66. The van der Waals surface area contributed by atoms with Crippen LogP contribution in [-0.4, -0.2) is 47.2 Å². The second kappa shape index (κ2) is 4.85. The average molecular weight is 302 g/mol. The van der Waals surface area contributed by atoms with Crippen molar-refractivity contribution < 1.29 is 14.9 Å². The van der Waals surface area contributed by atoms with Crippen LogP contribution in [0.25, 0.3) is 0 Å². The molecule has 13 heavy (non-hydrogen) atoms. The summed E-state index contributed by atoms with van der Waals surface area (Å²) in [5.74, 6) is 0. The minimum atomic E-state index is -0.909. The standard InChI is InChI=1S/C7H15IN2O3/c1-3-5(10-8)7(12)6(11)4(2-9)13-3/h3-7,10-12H,2,9H2,1H3/t3-,4?,5?,6-,7-/m1/s1. The third-order valence-corrected chi connectivity index (χ3v) is 3.07. The molecular weight excluding hydrogens is 287 g/mol. The minimum absolute atomic E-state index is 0.149.